The summed E-state index contributed by atoms with van der Waals surface area (Å²) in [5, 5.41) is 7.06. The molecule has 0 spiro atoms. The molecule has 20 heavy (non-hydrogen) atoms. The molecule has 2 nitrogen and oxygen atoms in total. The first-order valence-electron chi connectivity index (χ1n) is 7.01. The number of nitrogens with one attached hydrogen (secondary N) is 1. The molecule has 0 saturated carbocycles. The monoisotopic (exact) mass is 282 g/mol. The molecule has 3 heteroatoms. The Balaban J connectivity index is 1.83. The Labute approximate surface area is 123 Å². The van der Waals surface area contributed by atoms with Crippen molar-refractivity contribution in [2.24, 2.45) is 0 Å². The average Bonchev–Trinajstić information content (AvgIpc) is 2.96. The molecule has 1 heterocycles. The topological polar surface area (TPSA) is 24.9 Å². The summed E-state index contributed by atoms with van der Waals surface area (Å²) in [6, 6.07) is 15.0. The predicted octanol–water partition coefficient (Wildman–Crippen LogP) is 4.46. The molecule has 0 atom stereocenters. The average molecular weight is 282 g/mol. The highest BCUT2D eigenvalue weighted by Crippen LogP contribution is 2.28. The number of fused-ring (bicyclic) bond motifs is 1. The van der Waals surface area contributed by atoms with Gasteiger partial charge in [-0.3, -0.25) is 0 Å². The van der Waals surface area contributed by atoms with Gasteiger partial charge >= 0.3 is 0 Å². The minimum Gasteiger partial charge on any atom is -0.312 e. The summed E-state index contributed by atoms with van der Waals surface area (Å²) in [5.41, 5.74) is 1.20. The van der Waals surface area contributed by atoms with Crippen LogP contribution in [0.3, 0.4) is 0 Å². The fourth-order valence-electron chi connectivity index (χ4n) is 2.23. The molecule has 102 valence electrons. The van der Waals surface area contributed by atoms with Gasteiger partial charge in [0.05, 0.1) is 0 Å². The minimum absolute atomic E-state index is 0.916. The van der Waals surface area contributed by atoms with Crippen LogP contribution < -0.4 is 5.32 Å². The summed E-state index contributed by atoms with van der Waals surface area (Å²) < 4.78 is 0. The zero-order chi connectivity index (χ0) is 13.8. The van der Waals surface area contributed by atoms with E-state index in [1.807, 2.05) is 6.20 Å². The predicted molar refractivity (Wildman–Crippen MR) is 87.1 cm³/mol. The normalized spacial score (nSPS) is 11.1. The number of aromatic nitrogens is 1. The van der Waals surface area contributed by atoms with E-state index in [1.54, 1.807) is 11.3 Å². The van der Waals surface area contributed by atoms with Crippen LogP contribution in [0.5, 0.6) is 0 Å². The van der Waals surface area contributed by atoms with Gasteiger partial charge in [-0.25, -0.2) is 4.98 Å². The molecule has 3 aromatic rings. The molecule has 0 aliphatic carbocycles. The van der Waals surface area contributed by atoms with Gasteiger partial charge in [0.15, 0.2) is 0 Å². The van der Waals surface area contributed by atoms with E-state index in [0.29, 0.717) is 0 Å². The Hall–Kier alpha value is -1.71. The van der Waals surface area contributed by atoms with Crippen LogP contribution in [0.15, 0.2) is 48.7 Å². The SMILES string of the molecule is CCCNCc1cnc(-c2ccc3ccccc3c2)s1. The van der Waals surface area contributed by atoms with E-state index in [-0.39, 0.29) is 0 Å². The lowest BCUT2D eigenvalue weighted by Gasteiger charge is -2.01. The van der Waals surface area contributed by atoms with Gasteiger partial charge in [0.2, 0.25) is 0 Å². The van der Waals surface area contributed by atoms with Crippen molar-refractivity contribution < 1.29 is 0 Å². The lowest BCUT2D eigenvalue weighted by molar-refractivity contribution is 0.681. The third kappa shape index (κ3) is 2.89. The number of nitrogens with zero attached hydrogens (tertiary/aromatic N) is 1. The number of thiazole rings is 1. The van der Waals surface area contributed by atoms with Gasteiger partial charge in [-0.15, -0.1) is 11.3 Å². The maximum absolute atomic E-state index is 4.55. The van der Waals surface area contributed by atoms with E-state index < -0.39 is 0 Å². The number of benzene rings is 2. The largest absolute Gasteiger partial charge is 0.312 e. The van der Waals surface area contributed by atoms with Crippen LogP contribution in [0, 0.1) is 0 Å². The van der Waals surface area contributed by atoms with E-state index in [0.717, 1.165) is 24.5 Å². The molecule has 0 saturated heterocycles. The summed E-state index contributed by atoms with van der Waals surface area (Å²) in [6.07, 6.45) is 3.15. The van der Waals surface area contributed by atoms with E-state index in [2.05, 4.69) is 59.7 Å². The number of hydrogen-bond donors (Lipinski definition) is 1. The Bertz CT molecular complexity index is 703. The smallest absolute Gasteiger partial charge is 0.123 e. The highest BCUT2D eigenvalue weighted by Gasteiger charge is 2.05. The summed E-state index contributed by atoms with van der Waals surface area (Å²) in [4.78, 5) is 5.84. The van der Waals surface area contributed by atoms with Crippen LogP contribution in [0.2, 0.25) is 0 Å². The van der Waals surface area contributed by atoms with Crippen molar-refractivity contribution in [2.75, 3.05) is 6.54 Å². The van der Waals surface area contributed by atoms with Crippen LogP contribution in [-0.2, 0) is 6.54 Å². The molecule has 0 aliphatic rings. The second-order valence-electron chi connectivity index (χ2n) is 4.87. The first-order chi connectivity index (χ1) is 9.86. The minimum atomic E-state index is 0.916. The van der Waals surface area contributed by atoms with Crippen LogP contribution in [-0.4, -0.2) is 11.5 Å². The molecular weight excluding hydrogens is 264 g/mol. The van der Waals surface area contributed by atoms with Crippen LogP contribution in [0.1, 0.15) is 18.2 Å². The molecule has 3 rings (SSSR count). The fraction of sp³-hybridized carbons (Fsp3) is 0.235. The van der Waals surface area contributed by atoms with Crippen molar-refractivity contribution in [3.8, 4) is 10.6 Å². The summed E-state index contributed by atoms with van der Waals surface area (Å²) in [7, 11) is 0. The summed E-state index contributed by atoms with van der Waals surface area (Å²) in [5.74, 6) is 0. The Morgan fingerprint density at radius 3 is 2.80 bits per heavy atom. The number of rotatable bonds is 5. The first kappa shape index (κ1) is 13.3. The molecule has 0 bridgehead atoms. The molecule has 0 amide bonds. The van der Waals surface area contributed by atoms with Gasteiger partial charge in [0.25, 0.3) is 0 Å². The molecule has 2 aromatic carbocycles. The van der Waals surface area contributed by atoms with Crippen molar-refractivity contribution in [2.45, 2.75) is 19.9 Å². The van der Waals surface area contributed by atoms with Gasteiger partial charge in [0, 0.05) is 23.2 Å². The quantitative estimate of drug-likeness (QED) is 0.699. The van der Waals surface area contributed by atoms with E-state index in [4.69, 9.17) is 0 Å². The van der Waals surface area contributed by atoms with E-state index >= 15 is 0 Å². The lowest BCUT2D eigenvalue weighted by Crippen LogP contribution is -2.12. The highest BCUT2D eigenvalue weighted by atomic mass is 32.1. The van der Waals surface area contributed by atoms with Crippen LogP contribution in [0.25, 0.3) is 21.3 Å². The van der Waals surface area contributed by atoms with E-state index in [1.165, 1.54) is 21.2 Å². The standard InChI is InChI=1S/C17H18N2S/c1-2-9-18-11-16-12-19-17(20-16)15-8-7-13-5-3-4-6-14(13)10-15/h3-8,10,12,18H,2,9,11H2,1H3. The summed E-state index contributed by atoms with van der Waals surface area (Å²) >= 11 is 1.77. The third-order valence-electron chi connectivity index (χ3n) is 3.28. The Kier molecular flexibility index (Phi) is 4.09. The number of hydrogen-bond acceptors (Lipinski definition) is 3. The van der Waals surface area contributed by atoms with Gasteiger partial charge in [-0.1, -0.05) is 43.3 Å². The molecule has 1 aromatic heterocycles. The van der Waals surface area contributed by atoms with E-state index in [9.17, 15) is 0 Å². The zero-order valence-electron chi connectivity index (χ0n) is 11.6. The van der Waals surface area contributed by atoms with Gasteiger partial charge in [0.1, 0.15) is 5.01 Å². The fourth-order valence-corrected chi connectivity index (χ4v) is 3.11. The maximum Gasteiger partial charge on any atom is 0.123 e. The molecule has 0 radical (unpaired) electrons. The van der Waals surface area contributed by atoms with Crippen molar-refractivity contribution in [1.29, 1.82) is 0 Å². The van der Waals surface area contributed by atoms with Crippen molar-refractivity contribution >= 4 is 22.1 Å². The molecular formula is C17H18N2S. The van der Waals surface area contributed by atoms with Crippen molar-refractivity contribution in [3.05, 3.63) is 53.5 Å². The van der Waals surface area contributed by atoms with Gasteiger partial charge in [-0.2, -0.15) is 0 Å². The summed E-state index contributed by atoms with van der Waals surface area (Å²) in [6.45, 7) is 4.16. The molecule has 1 N–H and O–H groups in total. The van der Waals surface area contributed by atoms with Crippen molar-refractivity contribution in [3.63, 3.8) is 0 Å². The third-order valence-corrected chi connectivity index (χ3v) is 4.32. The highest BCUT2D eigenvalue weighted by molar-refractivity contribution is 7.15. The van der Waals surface area contributed by atoms with Crippen LogP contribution >= 0.6 is 11.3 Å². The molecule has 0 fully saturated rings. The lowest BCUT2D eigenvalue weighted by atomic mass is 10.1. The zero-order valence-corrected chi connectivity index (χ0v) is 12.4. The molecule has 0 unspecified atom stereocenters. The van der Waals surface area contributed by atoms with Crippen LogP contribution in [0.4, 0.5) is 0 Å². The Morgan fingerprint density at radius 2 is 1.95 bits per heavy atom. The molecule has 0 aliphatic heterocycles. The first-order valence-corrected chi connectivity index (χ1v) is 7.83. The Morgan fingerprint density at radius 1 is 1.10 bits per heavy atom. The van der Waals surface area contributed by atoms with Gasteiger partial charge in [-0.05, 0) is 29.8 Å². The second kappa shape index (κ2) is 6.16. The van der Waals surface area contributed by atoms with Crippen molar-refractivity contribution in [1.82, 2.24) is 10.3 Å². The maximum atomic E-state index is 4.55. The van der Waals surface area contributed by atoms with Gasteiger partial charge < -0.3 is 5.32 Å². The second-order valence-corrected chi connectivity index (χ2v) is 5.99.